The van der Waals surface area contributed by atoms with Crippen LogP contribution in [0, 0.1) is 35.1 Å². The van der Waals surface area contributed by atoms with Crippen molar-refractivity contribution in [3.8, 4) is 6.07 Å². The number of aliphatic imine (C=N–C) groups is 1. The molecule has 8 nitrogen and oxygen atoms in total. The molecule has 0 radical (unpaired) electrons. The van der Waals surface area contributed by atoms with Gasteiger partial charge >= 0.3 is 0 Å². The van der Waals surface area contributed by atoms with Crippen molar-refractivity contribution in [3.05, 3.63) is 65.0 Å². The fourth-order valence-corrected chi connectivity index (χ4v) is 4.80. The molecule has 10 heteroatoms. The minimum Gasteiger partial charge on any atom is -0.386 e. The number of amidine groups is 1. The molecular weight excluding hydrogens is 454 g/mol. The summed E-state index contributed by atoms with van der Waals surface area (Å²) in [6.07, 6.45) is 0.460. The van der Waals surface area contributed by atoms with Crippen LogP contribution in [0.2, 0.25) is 0 Å². The first kappa shape index (κ1) is 24.2. The van der Waals surface area contributed by atoms with E-state index in [0.717, 1.165) is 0 Å². The lowest BCUT2D eigenvalue weighted by molar-refractivity contribution is -0.0285. The number of halogens is 2. The number of ether oxygens (including phenoxy) is 1. The maximum absolute atomic E-state index is 15.3. The molecule has 180 valence electrons. The Labute approximate surface area is 201 Å². The van der Waals surface area contributed by atoms with Crippen LogP contribution in [0.25, 0.3) is 4.85 Å². The minimum atomic E-state index is -1.78. The number of hydrogen-bond acceptors (Lipinski definition) is 6. The molecule has 1 aromatic carbocycles. The van der Waals surface area contributed by atoms with Crippen molar-refractivity contribution in [1.82, 2.24) is 4.98 Å². The van der Waals surface area contributed by atoms with Crippen molar-refractivity contribution in [2.24, 2.45) is 22.1 Å². The van der Waals surface area contributed by atoms with Gasteiger partial charge in [0.05, 0.1) is 25.4 Å². The normalized spacial score (nSPS) is 27.8. The zero-order valence-electron chi connectivity index (χ0n) is 19.5. The molecule has 1 amide bonds. The molecule has 0 aliphatic carbocycles. The highest BCUT2D eigenvalue weighted by Gasteiger charge is 2.61. The number of alkyl halides is 1. The highest BCUT2D eigenvalue weighted by molar-refractivity contribution is 6.03. The Bertz CT molecular complexity index is 1290. The molecule has 3 heterocycles. The number of nitriles is 1. The van der Waals surface area contributed by atoms with Crippen LogP contribution >= 0.6 is 0 Å². The van der Waals surface area contributed by atoms with E-state index in [1.54, 1.807) is 6.92 Å². The minimum absolute atomic E-state index is 0.0232. The summed E-state index contributed by atoms with van der Waals surface area (Å²) in [5.74, 6) is -1.83. The van der Waals surface area contributed by atoms with Gasteiger partial charge in [-0.05, 0) is 51.5 Å². The molecule has 0 unspecified atom stereocenters. The highest BCUT2D eigenvalue weighted by atomic mass is 19.1. The van der Waals surface area contributed by atoms with Crippen LogP contribution in [-0.2, 0) is 10.3 Å². The summed E-state index contributed by atoms with van der Waals surface area (Å²) in [5.41, 5.74) is 2.60. The van der Waals surface area contributed by atoms with Crippen molar-refractivity contribution in [3.63, 3.8) is 0 Å². The van der Waals surface area contributed by atoms with E-state index in [9.17, 15) is 10.1 Å². The summed E-state index contributed by atoms with van der Waals surface area (Å²) in [7, 11) is 0. The number of pyridine rings is 1. The van der Waals surface area contributed by atoms with Crippen LogP contribution < -0.4 is 11.1 Å². The van der Waals surface area contributed by atoms with Gasteiger partial charge < -0.3 is 15.8 Å². The molecule has 1 fully saturated rings. The molecule has 35 heavy (non-hydrogen) atoms. The summed E-state index contributed by atoms with van der Waals surface area (Å²) < 4.78 is 36.3. The zero-order chi connectivity index (χ0) is 25.6. The van der Waals surface area contributed by atoms with Gasteiger partial charge in [-0.2, -0.15) is 5.26 Å². The van der Waals surface area contributed by atoms with Crippen LogP contribution in [-0.4, -0.2) is 35.1 Å². The Hall–Kier alpha value is -3.89. The van der Waals surface area contributed by atoms with E-state index in [1.165, 1.54) is 50.4 Å². The molecule has 2 aliphatic heterocycles. The van der Waals surface area contributed by atoms with E-state index in [1.807, 2.05) is 0 Å². The number of amides is 1. The summed E-state index contributed by atoms with van der Waals surface area (Å²) in [5, 5.41) is 12.4. The van der Waals surface area contributed by atoms with Gasteiger partial charge in [0.25, 0.3) is 5.91 Å². The number of nitrogens with one attached hydrogen (secondary N) is 1. The van der Waals surface area contributed by atoms with Crippen LogP contribution in [0.3, 0.4) is 0 Å². The lowest BCUT2D eigenvalue weighted by atomic mass is 9.65. The van der Waals surface area contributed by atoms with Crippen molar-refractivity contribution in [2.75, 3.05) is 11.9 Å². The monoisotopic (exact) mass is 478 g/mol. The van der Waals surface area contributed by atoms with Gasteiger partial charge in [-0.1, -0.05) is 6.07 Å². The van der Waals surface area contributed by atoms with Crippen molar-refractivity contribution in [2.45, 2.75) is 44.5 Å². The van der Waals surface area contributed by atoms with E-state index in [4.69, 9.17) is 17.0 Å². The quantitative estimate of drug-likeness (QED) is 0.637. The number of hydrogen-bond donors (Lipinski definition) is 2. The smallest absolute Gasteiger partial charge is 0.274 e. The third kappa shape index (κ3) is 4.11. The van der Waals surface area contributed by atoms with Gasteiger partial charge in [-0.3, -0.25) is 14.8 Å². The molecule has 0 bridgehead atoms. The van der Waals surface area contributed by atoms with Crippen LogP contribution in [0.1, 0.15) is 43.2 Å². The number of carbonyl (C=O) groups is 1. The molecule has 0 saturated carbocycles. The summed E-state index contributed by atoms with van der Waals surface area (Å²) in [6.45, 7) is 11.2. The SMILES string of the molecule is [C-]#[N+]c1ccc(C(=O)Nc2ccc(F)c([C@]34CO[C@H](C(C)(C)F)[C@H]3C[C@@](C)(C#N)C(N)=N4)c2)nc1. The van der Waals surface area contributed by atoms with Crippen molar-refractivity contribution in [1.29, 1.82) is 5.26 Å². The third-order valence-electron chi connectivity index (χ3n) is 6.70. The van der Waals surface area contributed by atoms with Gasteiger partial charge in [-0.25, -0.2) is 13.6 Å². The van der Waals surface area contributed by atoms with E-state index >= 15 is 8.78 Å². The Morgan fingerprint density at radius 2 is 2.14 bits per heavy atom. The van der Waals surface area contributed by atoms with Crippen molar-refractivity contribution < 1.29 is 18.3 Å². The van der Waals surface area contributed by atoms with Crippen LogP contribution in [0.4, 0.5) is 20.2 Å². The summed E-state index contributed by atoms with van der Waals surface area (Å²) in [4.78, 5) is 24.5. The summed E-state index contributed by atoms with van der Waals surface area (Å²) in [6, 6.07) is 9.03. The van der Waals surface area contributed by atoms with Gasteiger partial charge in [0.2, 0.25) is 5.69 Å². The van der Waals surface area contributed by atoms with Crippen molar-refractivity contribution >= 4 is 23.1 Å². The van der Waals surface area contributed by atoms with E-state index in [2.05, 4.69) is 26.2 Å². The van der Waals surface area contributed by atoms with Gasteiger partial charge in [-0.15, -0.1) is 0 Å². The molecule has 2 aliphatic rings. The molecule has 2 aromatic rings. The number of rotatable bonds is 4. The molecule has 4 rings (SSSR count). The number of nitrogens with two attached hydrogens (primary N) is 1. The first-order valence-corrected chi connectivity index (χ1v) is 11.0. The fourth-order valence-electron chi connectivity index (χ4n) is 4.80. The predicted octanol–water partition coefficient (Wildman–Crippen LogP) is 4.27. The molecule has 3 N–H and O–H groups in total. The highest BCUT2D eigenvalue weighted by Crippen LogP contribution is 2.54. The van der Waals surface area contributed by atoms with Gasteiger partial charge in [0.1, 0.15) is 34.0 Å². The van der Waals surface area contributed by atoms with E-state index < -0.39 is 40.4 Å². The molecule has 0 spiro atoms. The van der Waals surface area contributed by atoms with E-state index in [0.29, 0.717) is 5.69 Å². The van der Waals surface area contributed by atoms with Gasteiger partial charge in [0, 0.05) is 23.4 Å². The number of carbonyl (C=O) groups excluding carboxylic acids is 1. The number of fused-ring (bicyclic) bond motifs is 1. The molecular formula is C25H24F2N6O2. The average molecular weight is 479 g/mol. The Kier molecular flexibility index (Phi) is 5.82. The maximum Gasteiger partial charge on any atom is 0.274 e. The second kappa shape index (κ2) is 8.40. The number of anilines is 1. The second-order valence-electron chi connectivity index (χ2n) is 9.63. The van der Waals surface area contributed by atoms with E-state index in [-0.39, 0.29) is 35.8 Å². The second-order valence-corrected chi connectivity index (χ2v) is 9.63. The number of nitrogens with zero attached hydrogens (tertiary/aromatic N) is 4. The standard InChI is InChI=1S/C25H24F2N6O2/c1-23(2,27)20-17-10-24(3,12-28)22(29)33-25(17,13-35-20)16-9-14(5-7-18(16)26)32-21(34)19-8-6-15(30-4)11-31-19/h5-9,11,17,20H,10,13H2,1-3H3,(H2,29,33)(H,32,34)/t17-,20+,24+,25-/m1/s1. The number of benzene rings is 1. The number of aromatic nitrogens is 1. The first-order chi connectivity index (χ1) is 16.4. The average Bonchev–Trinajstić information content (AvgIpc) is 3.19. The molecule has 1 aromatic heterocycles. The molecule has 1 saturated heterocycles. The first-order valence-electron chi connectivity index (χ1n) is 11.0. The van der Waals surface area contributed by atoms with Crippen LogP contribution in [0.15, 0.2) is 41.5 Å². The largest absolute Gasteiger partial charge is 0.386 e. The van der Waals surface area contributed by atoms with Gasteiger partial charge in [0.15, 0.2) is 0 Å². The predicted molar refractivity (Wildman–Crippen MR) is 125 cm³/mol. The lowest BCUT2D eigenvalue weighted by Gasteiger charge is -2.43. The zero-order valence-corrected chi connectivity index (χ0v) is 19.5. The maximum atomic E-state index is 15.3. The Morgan fingerprint density at radius 3 is 2.74 bits per heavy atom. The lowest BCUT2D eigenvalue weighted by Crippen LogP contribution is -2.52. The topological polar surface area (TPSA) is 118 Å². The molecule has 4 atom stereocenters. The third-order valence-corrected chi connectivity index (χ3v) is 6.70. The summed E-state index contributed by atoms with van der Waals surface area (Å²) >= 11 is 0. The van der Waals surface area contributed by atoms with Crippen LogP contribution in [0.5, 0.6) is 0 Å². The Morgan fingerprint density at radius 1 is 1.40 bits per heavy atom. The Balaban J connectivity index is 1.76. The fraction of sp³-hybridized carbons (Fsp3) is 0.400.